The molecule has 2 aromatic heterocycles. The highest BCUT2D eigenvalue weighted by Gasteiger charge is 2.45. The van der Waals surface area contributed by atoms with E-state index in [-0.39, 0.29) is 5.41 Å². The van der Waals surface area contributed by atoms with Crippen LogP contribution in [0.4, 0.5) is 5.13 Å². The van der Waals surface area contributed by atoms with Gasteiger partial charge in [-0.2, -0.15) is 0 Å². The molecule has 0 bridgehead atoms. The maximum absolute atomic E-state index is 12.4. The van der Waals surface area contributed by atoms with Crippen molar-refractivity contribution in [3.8, 4) is 0 Å². The summed E-state index contributed by atoms with van der Waals surface area (Å²) in [5.74, 6) is 0.980. The Bertz CT molecular complexity index is 814. The number of piperidine rings is 2. The summed E-state index contributed by atoms with van der Waals surface area (Å²) < 4.78 is 1.94. The van der Waals surface area contributed by atoms with Crippen LogP contribution in [0.1, 0.15) is 58.6 Å². The Morgan fingerprint density at radius 2 is 2.00 bits per heavy atom. The minimum Gasteiger partial charge on any atom is -0.346 e. The fourth-order valence-corrected chi connectivity index (χ4v) is 5.39. The van der Waals surface area contributed by atoms with Gasteiger partial charge in [0.05, 0.1) is 11.9 Å². The molecule has 7 heteroatoms. The molecule has 2 aromatic rings. The molecule has 1 saturated carbocycles. The first-order valence-corrected chi connectivity index (χ1v) is 10.6. The predicted octanol–water partition coefficient (Wildman–Crippen LogP) is 3.07. The summed E-state index contributed by atoms with van der Waals surface area (Å²) in [7, 11) is 0. The fraction of sp³-hybridized carbons (Fsp3) is 0.737. The Morgan fingerprint density at radius 1 is 1.19 bits per heavy atom. The Morgan fingerprint density at radius 3 is 2.69 bits per heavy atom. The monoisotopic (exact) mass is 373 g/mol. The van der Waals surface area contributed by atoms with Gasteiger partial charge in [0.15, 0.2) is 0 Å². The van der Waals surface area contributed by atoms with Gasteiger partial charge in [-0.3, -0.25) is 4.79 Å². The molecule has 3 aliphatic rings. The number of amides is 1. The molecule has 1 aliphatic carbocycles. The van der Waals surface area contributed by atoms with Crippen LogP contribution in [0.3, 0.4) is 0 Å². The van der Waals surface area contributed by atoms with E-state index in [1.807, 2.05) is 4.52 Å². The van der Waals surface area contributed by atoms with E-state index < -0.39 is 0 Å². The Kier molecular flexibility index (Phi) is 3.61. The Labute approximate surface area is 158 Å². The van der Waals surface area contributed by atoms with E-state index in [1.54, 1.807) is 11.3 Å². The third-order valence-electron chi connectivity index (χ3n) is 6.08. The fourth-order valence-electron chi connectivity index (χ4n) is 4.47. The Hall–Kier alpha value is -1.63. The lowest BCUT2D eigenvalue weighted by Gasteiger charge is -2.47. The number of hydrogen-bond acceptors (Lipinski definition) is 5. The van der Waals surface area contributed by atoms with E-state index in [1.165, 1.54) is 12.8 Å². The van der Waals surface area contributed by atoms with Gasteiger partial charge in [-0.25, -0.2) is 9.50 Å². The van der Waals surface area contributed by atoms with Crippen LogP contribution in [-0.2, 0) is 10.2 Å². The SMILES string of the molecule is CC(C)(C)c1cn2nc(N3CC[C@H]4[C@H](CCC(=O)N4C4CC4)C3)sc2n1. The highest BCUT2D eigenvalue weighted by Crippen LogP contribution is 2.40. The van der Waals surface area contributed by atoms with Gasteiger partial charge in [-0.1, -0.05) is 32.1 Å². The molecule has 6 nitrogen and oxygen atoms in total. The molecule has 0 N–H and O–H groups in total. The number of nitrogens with zero attached hydrogens (tertiary/aromatic N) is 5. The first-order chi connectivity index (χ1) is 12.4. The first kappa shape index (κ1) is 16.5. The van der Waals surface area contributed by atoms with Gasteiger partial charge in [0, 0.05) is 37.0 Å². The van der Waals surface area contributed by atoms with Crippen LogP contribution in [0, 0.1) is 5.92 Å². The average molecular weight is 374 g/mol. The van der Waals surface area contributed by atoms with Crippen LogP contribution >= 0.6 is 11.3 Å². The van der Waals surface area contributed by atoms with Gasteiger partial charge < -0.3 is 9.80 Å². The van der Waals surface area contributed by atoms with E-state index >= 15 is 0 Å². The van der Waals surface area contributed by atoms with Crippen molar-refractivity contribution in [1.29, 1.82) is 0 Å². The third-order valence-corrected chi connectivity index (χ3v) is 7.06. The maximum atomic E-state index is 12.4. The van der Waals surface area contributed by atoms with Crippen LogP contribution < -0.4 is 4.90 Å². The minimum atomic E-state index is 0.0484. The molecule has 0 unspecified atom stereocenters. The summed E-state index contributed by atoms with van der Waals surface area (Å²) in [5.41, 5.74) is 1.14. The van der Waals surface area contributed by atoms with E-state index in [4.69, 9.17) is 10.1 Å². The lowest BCUT2D eigenvalue weighted by molar-refractivity contribution is -0.140. The Balaban J connectivity index is 1.35. The molecule has 26 heavy (non-hydrogen) atoms. The zero-order chi connectivity index (χ0) is 18.1. The van der Waals surface area contributed by atoms with E-state index in [0.29, 0.717) is 23.9 Å². The van der Waals surface area contributed by atoms with Crippen LogP contribution in [-0.4, -0.2) is 50.6 Å². The van der Waals surface area contributed by atoms with Crippen molar-refractivity contribution < 1.29 is 4.79 Å². The summed E-state index contributed by atoms with van der Waals surface area (Å²) >= 11 is 1.69. The number of carbonyl (C=O) groups excluding carboxylic acids is 1. The lowest BCUT2D eigenvalue weighted by atomic mass is 9.83. The van der Waals surface area contributed by atoms with Crippen LogP contribution in [0.2, 0.25) is 0 Å². The van der Waals surface area contributed by atoms with Crippen molar-refractivity contribution in [3.05, 3.63) is 11.9 Å². The van der Waals surface area contributed by atoms with Crippen LogP contribution in [0.5, 0.6) is 0 Å². The zero-order valence-corrected chi connectivity index (χ0v) is 16.6. The normalized spacial score (nSPS) is 27.3. The summed E-state index contributed by atoms with van der Waals surface area (Å²) in [6, 6.07) is 0.998. The molecule has 0 radical (unpaired) electrons. The van der Waals surface area contributed by atoms with Crippen molar-refractivity contribution >= 4 is 27.3 Å². The van der Waals surface area contributed by atoms with Gasteiger partial charge in [-0.15, -0.1) is 5.10 Å². The molecular weight excluding hydrogens is 346 g/mol. The van der Waals surface area contributed by atoms with E-state index in [9.17, 15) is 4.79 Å². The van der Waals surface area contributed by atoms with E-state index in [0.717, 1.165) is 48.1 Å². The highest BCUT2D eigenvalue weighted by atomic mass is 32.1. The van der Waals surface area contributed by atoms with Crippen molar-refractivity contribution in [3.63, 3.8) is 0 Å². The number of rotatable bonds is 2. The predicted molar refractivity (Wildman–Crippen MR) is 103 cm³/mol. The van der Waals surface area contributed by atoms with Gasteiger partial charge in [0.2, 0.25) is 16.0 Å². The summed E-state index contributed by atoms with van der Waals surface area (Å²) in [5, 5.41) is 5.88. The van der Waals surface area contributed by atoms with Crippen molar-refractivity contribution in [2.24, 2.45) is 5.92 Å². The summed E-state index contributed by atoms with van der Waals surface area (Å²) in [6.45, 7) is 8.55. The number of fused-ring (bicyclic) bond motifs is 2. The summed E-state index contributed by atoms with van der Waals surface area (Å²) in [6.07, 6.45) is 7.30. The maximum Gasteiger partial charge on any atom is 0.223 e. The topological polar surface area (TPSA) is 53.7 Å². The summed E-state index contributed by atoms with van der Waals surface area (Å²) in [4.78, 5) is 22.8. The molecular formula is C19H27N5OS. The second-order valence-electron chi connectivity index (χ2n) is 9.12. The molecule has 2 saturated heterocycles. The van der Waals surface area contributed by atoms with Crippen molar-refractivity contribution in [2.45, 2.75) is 70.4 Å². The largest absolute Gasteiger partial charge is 0.346 e. The zero-order valence-electron chi connectivity index (χ0n) is 15.8. The molecule has 0 spiro atoms. The van der Waals surface area contributed by atoms with E-state index in [2.05, 4.69) is 36.8 Å². The molecule has 2 atom stereocenters. The second kappa shape index (κ2) is 5.68. The number of hydrogen-bond donors (Lipinski definition) is 0. The number of likely N-dealkylation sites (tertiary alicyclic amines) is 1. The first-order valence-electron chi connectivity index (χ1n) is 9.83. The van der Waals surface area contributed by atoms with Gasteiger partial charge >= 0.3 is 0 Å². The lowest BCUT2D eigenvalue weighted by Crippen LogP contribution is -2.56. The number of anilines is 1. The molecule has 2 aliphatic heterocycles. The second-order valence-corrected chi connectivity index (χ2v) is 10.1. The van der Waals surface area contributed by atoms with Crippen LogP contribution in [0.25, 0.3) is 4.96 Å². The number of aromatic nitrogens is 3. The third kappa shape index (κ3) is 2.71. The van der Waals surface area contributed by atoms with Gasteiger partial charge in [-0.05, 0) is 31.6 Å². The van der Waals surface area contributed by atoms with Gasteiger partial charge in [0.25, 0.3) is 0 Å². The number of carbonyl (C=O) groups is 1. The quantitative estimate of drug-likeness (QED) is 0.812. The molecule has 1 amide bonds. The van der Waals surface area contributed by atoms with Crippen LogP contribution in [0.15, 0.2) is 6.20 Å². The molecule has 4 heterocycles. The van der Waals surface area contributed by atoms with Gasteiger partial charge in [0.1, 0.15) is 0 Å². The molecule has 140 valence electrons. The smallest absolute Gasteiger partial charge is 0.223 e. The molecule has 5 rings (SSSR count). The minimum absolute atomic E-state index is 0.0484. The molecule has 3 fully saturated rings. The van der Waals surface area contributed by atoms with Crippen molar-refractivity contribution in [1.82, 2.24) is 19.5 Å². The molecule has 0 aromatic carbocycles. The highest BCUT2D eigenvalue weighted by molar-refractivity contribution is 7.20. The standard InChI is InChI=1S/C19H27N5OS/c1-19(2,3)15-11-23-17(20-15)26-18(21-23)22-9-8-14-12(10-22)4-7-16(25)24(14)13-5-6-13/h11-14H,4-10H2,1-3H3/t12-,14+/m1/s1. The average Bonchev–Trinajstić information content (AvgIpc) is 3.20. The number of imidazole rings is 1. The van der Waals surface area contributed by atoms with Crippen molar-refractivity contribution in [2.75, 3.05) is 18.0 Å².